The third-order valence-corrected chi connectivity index (χ3v) is 3.14. The lowest BCUT2D eigenvalue weighted by Gasteiger charge is -2.06. The maximum atomic E-state index is 5.83. The van der Waals surface area contributed by atoms with Crippen LogP contribution in [0.3, 0.4) is 0 Å². The van der Waals surface area contributed by atoms with Crippen LogP contribution in [0.2, 0.25) is 0 Å². The highest BCUT2D eigenvalue weighted by atomic mass is 16.5. The fourth-order valence-electron chi connectivity index (χ4n) is 2.11. The summed E-state index contributed by atoms with van der Waals surface area (Å²) in [7, 11) is 0. The van der Waals surface area contributed by atoms with Gasteiger partial charge in [0.05, 0.1) is 11.2 Å². The van der Waals surface area contributed by atoms with Crippen molar-refractivity contribution in [2.45, 2.75) is 20.1 Å². The molecular weight excluding hydrogens is 266 g/mol. The molecule has 1 N–H and O–H groups in total. The number of hydrogen-bond acceptors (Lipinski definition) is 5. The fraction of sp³-hybridized carbons (Fsp3) is 0.250. The Hall–Kier alpha value is -2.40. The standard InChI is InChI=1S/C16H17N3O2/c1-2-17-10-12-9-13(21-19-12)11-20-16-7-3-6-15-14(16)5-4-8-18-15/h3-9,17H,2,10-11H2,1H3. The summed E-state index contributed by atoms with van der Waals surface area (Å²) in [6, 6.07) is 11.6. The summed E-state index contributed by atoms with van der Waals surface area (Å²) in [6.07, 6.45) is 1.77. The van der Waals surface area contributed by atoms with Crippen LogP contribution in [0.4, 0.5) is 0 Å². The van der Waals surface area contributed by atoms with Crippen molar-refractivity contribution in [2.75, 3.05) is 6.54 Å². The van der Waals surface area contributed by atoms with E-state index in [1.165, 1.54) is 0 Å². The van der Waals surface area contributed by atoms with Gasteiger partial charge in [0.15, 0.2) is 5.76 Å². The first-order chi connectivity index (χ1) is 10.4. The molecule has 108 valence electrons. The second-order valence-electron chi connectivity index (χ2n) is 4.68. The first-order valence-corrected chi connectivity index (χ1v) is 6.98. The first-order valence-electron chi connectivity index (χ1n) is 6.98. The lowest BCUT2D eigenvalue weighted by atomic mass is 10.2. The summed E-state index contributed by atoms with van der Waals surface area (Å²) in [4.78, 5) is 4.31. The van der Waals surface area contributed by atoms with E-state index in [-0.39, 0.29) is 0 Å². The minimum atomic E-state index is 0.354. The Kier molecular flexibility index (Phi) is 4.12. The SMILES string of the molecule is CCNCc1cc(COc2cccc3ncccc23)on1. The van der Waals surface area contributed by atoms with Crippen LogP contribution in [0, 0.1) is 0 Å². The van der Waals surface area contributed by atoms with Gasteiger partial charge in [-0.25, -0.2) is 0 Å². The van der Waals surface area contributed by atoms with Gasteiger partial charge >= 0.3 is 0 Å². The average molecular weight is 283 g/mol. The molecule has 0 aliphatic rings. The Morgan fingerprint density at radius 2 is 2.19 bits per heavy atom. The molecule has 2 aromatic heterocycles. The maximum absolute atomic E-state index is 5.83. The van der Waals surface area contributed by atoms with Crippen molar-refractivity contribution in [2.24, 2.45) is 0 Å². The molecule has 0 saturated heterocycles. The largest absolute Gasteiger partial charge is 0.485 e. The molecule has 5 heteroatoms. The summed E-state index contributed by atoms with van der Waals surface area (Å²) in [5, 5.41) is 8.20. The number of benzene rings is 1. The molecule has 0 spiro atoms. The van der Waals surface area contributed by atoms with E-state index < -0.39 is 0 Å². The van der Waals surface area contributed by atoms with Gasteiger partial charge in [0.2, 0.25) is 0 Å². The maximum Gasteiger partial charge on any atom is 0.174 e. The normalized spacial score (nSPS) is 10.9. The van der Waals surface area contributed by atoms with E-state index in [1.54, 1.807) is 6.20 Å². The van der Waals surface area contributed by atoms with Crippen molar-refractivity contribution in [3.05, 3.63) is 54.0 Å². The van der Waals surface area contributed by atoms with Crippen LogP contribution in [0.15, 0.2) is 47.1 Å². The molecule has 0 radical (unpaired) electrons. The molecular formula is C16H17N3O2. The second-order valence-corrected chi connectivity index (χ2v) is 4.68. The second kappa shape index (κ2) is 6.37. The Morgan fingerprint density at radius 1 is 1.24 bits per heavy atom. The summed E-state index contributed by atoms with van der Waals surface area (Å²) in [5.74, 6) is 1.51. The van der Waals surface area contributed by atoms with Crippen LogP contribution in [0.25, 0.3) is 10.9 Å². The Morgan fingerprint density at radius 3 is 3.10 bits per heavy atom. The number of rotatable bonds is 6. The third-order valence-electron chi connectivity index (χ3n) is 3.14. The van der Waals surface area contributed by atoms with Gasteiger partial charge in [0.25, 0.3) is 0 Å². The molecule has 0 fully saturated rings. The Balaban J connectivity index is 1.70. The van der Waals surface area contributed by atoms with E-state index in [2.05, 4.69) is 22.4 Å². The van der Waals surface area contributed by atoms with Crippen LogP contribution in [0.5, 0.6) is 5.75 Å². The quantitative estimate of drug-likeness (QED) is 0.753. The lowest BCUT2D eigenvalue weighted by Crippen LogP contribution is -2.11. The number of nitrogens with zero attached hydrogens (tertiary/aromatic N) is 2. The van der Waals surface area contributed by atoms with Gasteiger partial charge in [-0.2, -0.15) is 0 Å². The van der Waals surface area contributed by atoms with Gasteiger partial charge in [0, 0.05) is 24.2 Å². The zero-order valence-electron chi connectivity index (χ0n) is 11.9. The third kappa shape index (κ3) is 3.20. The molecule has 0 aliphatic carbocycles. The number of aromatic nitrogens is 2. The summed E-state index contributed by atoms with van der Waals surface area (Å²) in [6.45, 7) is 4.02. The summed E-state index contributed by atoms with van der Waals surface area (Å²) in [5.41, 5.74) is 1.80. The molecule has 0 bridgehead atoms. The van der Waals surface area contributed by atoms with E-state index in [4.69, 9.17) is 9.26 Å². The van der Waals surface area contributed by atoms with Crippen molar-refractivity contribution < 1.29 is 9.26 Å². The molecule has 0 saturated carbocycles. The predicted octanol–water partition coefficient (Wildman–Crippen LogP) is 2.91. The van der Waals surface area contributed by atoms with E-state index in [0.29, 0.717) is 18.9 Å². The lowest BCUT2D eigenvalue weighted by molar-refractivity contribution is 0.250. The van der Waals surface area contributed by atoms with Gasteiger partial charge in [-0.3, -0.25) is 4.98 Å². The summed E-state index contributed by atoms with van der Waals surface area (Å²) >= 11 is 0. The minimum absolute atomic E-state index is 0.354. The molecule has 0 atom stereocenters. The summed E-state index contributed by atoms with van der Waals surface area (Å²) < 4.78 is 11.1. The van der Waals surface area contributed by atoms with Gasteiger partial charge in [-0.1, -0.05) is 18.1 Å². The fourth-order valence-corrected chi connectivity index (χ4v) is 2.11. The Labute approximate surface area is 122 Å². The van der Waals surface area contributed by atoms with Crippen LogP contribution >= 0.6 is 0 Å². The van der Waals surface area contributed by atoms with Gasteiger partial charge < -0.3 is 14.6 Å². The van der Waals surface area contributed by atoms with Crippen molar-refractivity contribution in [3.8, 4) is 5.75 Å². The molecule has 1 aromatic carbocycles. The smallest absolute Gasteiger partial charge is 0.174 e. The molecule has 2 heterocycles. The minimum Gasteiger partial charge on any atom is -0.485 e. The van der Waals surface area contributed by atoms with Crippen LogP contribution in [0.1, 0.15) is 18.4 Å². The number of pyridine rings is 1. The molecule has 21 heavy (non-hydrogen) atoms. The molecule has 3 rings (SSSR count). The number of hydrogen-bond donors (Lipinski definition) is 1. The van der Waals surface area contributed by atoms with E-state index in [1.807, 2.05) is 36.4 Å². The molecule has 0 amide bonds. The number of fused-ring (bicyclic) bond motifs is 1. The molecule has 5 nitrogen and oxygen atoms in total. The van der Waals surface area contributed by atoms with Crippen LogP contribution < -0.4 is 10.1 Å². The average Bonchev–Trinajstić information content (AvgIpc) is 2.99. The van der Waals surface area contributed by atoms with E-state index >= 15 is 0 Å². The van der Waals surface area contributed by atoms with Gasteiger partial charge in [0.1, 0.15) is 12.4 Å². The van der Waals surface area contributed by atoms with E-state index in [0.717, 1.165) is 28.9 Å². The first kappa shape index (κ1) is 13.6. The highest BCUT2D eigenvalue weighted by Gasteiger charge is 2.07. The van der Waals surface area contributed by atoms with Crippen LogP contribution in [-0.4, -0.2) is 16.7 Å². The Bertz CT molecular complexity index is 719. The monoisotopic (exact) mass is 283 g/mol. The van der Waals surface area contributed by atoms with Crippen molar-refractivity contribution in [3.63, 3.8) is 0 Å². The molecule has 3 aromatic rings. The zero-order chi connectivity index (χ0) is 14.5. The van der Waals surface area contributed by atoms with Crippen molar-refractivity contribution >= 4 is 10.9 Å². The topological polar surface area (TPSA) is 60.2 Å². The number of ether oxygens (including phenoxy) is 1. The van der Waals surface area contributed by atoms with E-state index in [9.17, 15) is 0 Å². The van der Waals surface area contributed by atoms with Gasteiger partial charge in [-0.05, 0) is 30.8 Å². The van der Waals surface area contributed by atoms with Gasteiger partial charge in [-0.15, -0.1) is 0 Å². The van der Waals surface area contributed by atoms with Crippen LogP contribution in [-0.2, 0) is 13.2 Å². The molecule has 0 aliphatic heterocycles. The highest BCUT2D eigenvalue weighted by molar-refractivity contribution is 5.84. The molecule has 0 unspecified atom stereocenters. The zero-order valence-corrected chi connectivity index (χ0v) is 11.9. The number of nitrogens with one attached hydrogen (secondary N) is 1. The predicted molar refractivity (Wildman–Crippen MR) is 80.0 cm³/mol. The van der Waals surface area contributed by atoms with Crippen molar-refractivity contribution in [1.82, 2.24) is 15.5 Å². The van der Waals surface area contributed by atoms with Crippen molar-refractivity contribution in [1.29, 1.82) is 0 Å². The highest BCUT2D eigenvalue weighted by Crippen LogP contribution is 2.24.